The molecule has 0 N–H and O–H groups in total. The topological polar surface area (TPSA) is 0 Å². The lowest BCUT2D eigenvalue weighted by Gasteiger charge is -2.29. The van der Waals surface area contributed by atoms with Crippen molar-refractivity contribution in [1.82, 2.24) is 0 Å². The van der Waals surface area contributed by atoms with Crippen LogP contribution in [0.1, 0.15) is 41.5 Å². The van der Waals surface area contributed by atoms with E-state index >= 15 is 0 Å². The Morgan fingerprint density at radius 2 is 1.65 bits per heavy atom. The number of hydrogen-bond donors (Lipinski definition) is 0. The second-order valence-corrected chi connectivity index (χ2v) is 8.69. The highest BCUT2D eigenvalue weighted by Crippen LogP contribution is 2.49. The zero-order valence-corrected chi connectivity index (χ0v) is 14.9. The fraction of sp³-hybridized carbons (Fsp3) is 0.444. The number of rotatable bonds is 2. The van der Waals surface area contributed by atoms with E-state index in [2.05, 4.69) is 77.3 Å². The minimum Gasteiger partial charge on any atom is -0.0975 e. The molecule has 0 aromatic carbocycles. The largest absolute Gasteiger partial charge is 0.0975 e. The molecule has 0 aliphatic carbocycles. The maximum absolute atomic E-state index is 2.40. The lowest BCUT2D eigenvalue weighted by atomic mass is 9.89. The van der Waals surface area contributed by atoms with E-state index in [0.717, 1.165) is 0 Å². The average Bonchev–Trinajstić information content (AvgIpc) is 2.34. The van der Waals surface area contributed by atoms with Crippen molar-refractivity contribution in [1.29, 1.82) is 0 Å². The summed E-state index contributed by atoms with van der Waals surface area (Å²) < 4.78 is 0. The molecule has 0 unspecified atom stereocenters. The van der Waals surface area contributed by atoms with Crippen molar-refractivity contribution in [3.8, 4) is 0 Å². The zero-order valence-electron chi connectivity index (χ0n) is 13.3. The Balaban J connectivity index is 2.35. The minimum absolute atomic E-state index is 0.118. The summed E-state index contributed by atoms with van der Waals surface area (Å²) in [4.78, 5) is 4.19. The maximum atomic E-state index is 2.40. The van der Waals surface area contributed by atoms with Crippen LogP contribution in [0.4, 0.5) is 0 Å². The molecular weight excluding hydrogens is 280 g/mol. The Morgan fingerprint density at radius 3 is 2.25 bits per heavy atom. The standard InChI is InChI=1S/C18H24S2/c1-7-13(2)14-10-18(5,6)12-16(20-14)15-11-17(3,4)8-9-19-15/h7-12H,1-6H3. The summed E-state index contributed by atoms with van der Waals surface area (Å²) in [5.41, 5.74) is 1.64. The highest BCUT2D eigenvalue weighted by molar-refractivity contribution is 8.11. The van der Waals surface area contributed by atoms with Crippen molar-refractivity contribution in [2.75, 3.05) is 0 Å². The van der Waals surface area contributed by atoms with E-state index in [1.807, 2.05) is 23.5 Å². The SMILES string of the molecule is CC=C(C)C1=CC(C)(C)C=C(C2=CC(C)(C)C=CS2)S1. The van der Waals surface area contributed by atoms with Gasteiger partial charge in [-0.1, -0.05) is 81.6 Å². The van der Waals surface area contributed by atoms with Crippen molar-refractivity contribution in [2.45, 2.75) is 41.5 Å². The summed E-state index contributed by atoms with van der Waals surface area (Å²) in [7, 11) is 0. The number of thioether (sulfide) groups is 2. The first-order valence-corrected chi connectivity index (χ1v) is 8.76. The first kappa shape index (κ1) is 15.8. The molecule has 0 saturated carbocycles. The van der Waals surface area contributed by atoms with Crippen LogP contribution in [0.5, 0.6) is 0 Å². The van der Waals surface area contributed by atoms with Gasteiger partial charge in [-0.25, -0.2) is 0 Å². The summed E-state index contributed by atoms with van der Waals surface area (Å²) in [5, 5.41) is 2.23. The molecule has 108 valence electrons. The van der Waals surface area contributed by atoms with Gasteiger partial charge in [0.05, 0.1) is 0 Å². The van der Waals surface area contributed by atoms with Crippen molar-refractivity contribution in [3.63, 3.8) is 0 Å². The quantitative estimate of drug-likeness (QED) is 0.559. The number of hydrogen-bond acceptors (Lipinski definition) is 2. The second-order valence-electron chi connectivity index (χ2n) is 6.66. The van der Waals surface area contributed by atoms with Crippen LogP contribution in [-0.2, 0) is 0 Å². The molecule has 0 radical (unpaired) electrons. The van der Waals surface area contributed by atoms with Crippen molar-refractivity contribution >= 4 is 23.5 Å². The highest BCUT2D eigenvalue weighted by Gasteiger charge is 2.26. The predicted molar refractivity (Wildman–Crippen MR) is 95.6 cm³/mol. The van der Waals surface area contributed by atoms with Crippen molar-refractivity contribution < 1.29 is 0 Å². The van der Waals surface area contributed by atoms with Gasteiger partial charge in [-0.15, -0.1) is 0 Å². The van der Waals surface area contributed by atoms with E-state index in [4.69, 9.17) is 0 Å². The molecule has 20 heavy (non-hydrogen) atoms. The smallest absolute Gasteiger partial charge is 0.0227 e. The second kappa shape index (κ2) is 5.65. The van der Waals surface area contributed by atoms with E-state index in [9.17, 15) is 0 Å². The van der Waals surface area contributed by atoms with Crippen LogP contribution in [0.2, 0.25) is 0 Å². The fourth-order valence-corrected chi connectivity index (χ4v) is 4.97. The highest BCUT2D eigenvalue weighted by atomic mass is 32.2. The van der Waals surface area contributed by atoms with E-state index in [1.165, 1.54) is 20.3 Å². The van der Waals surface area contributed by atoms with E-state index in [-0.39, 0.29) is 10.8 Å². The molecule has 0 spiro atoms. The van der Waals surface area contributed by atoms with Crippen LogP contribution in [0, 0.1) is 10.8 Å². The van der Waals surface area contributed by atoms with Gasteiger partial charge in [-0.3, -0.25) is 0 Å². The third-order valence-electron chi connectivity index (χ3n) is 3.49. The molecule has 0 fully saturated rings. The molecule has 2 aliphatic rings. The fourth-order valence-electron chi connectivity index (χ4n) is 2.18. The third-order valence-corrected chi connectivity index (χ3v) is 5.70. The Labute approximate surface area is 132 Å². The summed E-state index contributed by atoms with van der Waals surface area (Å²) in [5.74, 6) is 0. The predicted octanol–water partition coefficient (Wildman–Crippen LogP) is 6.66. The summed E-state index contributed by atoms with van der Waals surface area (Å²) in [6, 6.07) is 0. The van der Waals surface area contributed by atoms with Gasteiger partial charge in [0, 0.05) is 25.5 Å². The zero-order chi connectivity index (χ0) is 15.0. The molecule has 0 saturated heterocycles. The molecule has 0 aromatic heterocycles. The van der Waals surface area contributed by atoms with Crippen LogP contribution >= 0.6 is 23.5 Å². The van der Waals surface area contributed by atoms with Crippen molar-refractivity contribution in [2.24, 2.45) is 10.8 Å². The van der Waals surface area contributed by atoms with Crippen LogP contribution in [0.25, 0.3) is 0 Å². The maximum Gasteiger partial charge on any atom is 0.0227 e. The van der Waals surface area contributed by atoms with Gasteiger partial charge in [-0.05, 0) is 24.8 Å². The van der Waals surface area contributed by atoms with Gasteiger partial charge < -0.3 is 0 Å². The summed E-state index contributed by atoms with van der Waals surface area (Å²) in [6.45, 7) is 13.4. The molecule has 2 aliphatic heterocycles. The van der Waals surface area contributed by atoms with E-state index < -0.39 is 0 Å². The Hall–Kier alpha value is -0.600. The van der Waals surface area contributed by atoms with Gasteiger partial charge in [0.1, 0.15) is 0 Å². The first-order chi connectivity index (χ1) is 9.22. The lowest BCUT2D eigenvalue weighted by molar-refractivity contribution is 0.616. The first-order valence-electron chi connectivity index (χ1n) is 7.07. The van der Waals surface area contributed by atoms with Crippen molar-refractivity contribution in [3.05, 3.63) is 56.1 Å². The van der Waals surface area contributed by atoms with Crippen LogP contribution in [0.3, 0.4) is 0 Å². The van der Waals surface area contributed by atoms with Crippen LogP contribution < -0.4 is 0 Å². The molecule has 0 bridgehead atoms. The van der Waals surface area contributed by atoms with Gasteiger partial charge >= 0.3 is 0 Å². The normalized spacial score (nSPS) is 24.9. The molecule has 0 aromatic rings. The third kappa shape index (κ3) is 3.73. The lowest BCUT2D eigenvalue weighted by Crippen LogP contribution is -2.12. The Bertz CT molecular complexity index is 552. The monoisotopic (exact) mass is 304 g/mol. The molecular formula is C18H24S2. The van der Waals surface area contributed by atoms with Gasteiger partial charge in [0.2, 0.25) is 0 Å². The van der Waals surface area contributed by atoms with E-state index in [1.54, 1.807) is 0 Å². The van der Waals surface area contributed by atoms with Gasteiger partial charge in [0.15, 0.2) is 0 Å². The number of allylic oxidation sites excluding steroid dienone is 6. The van der Waals surface area contributed by atoms with Gasteiger partial charge in [0.25, 0.3) is 0 Å². The molecule has 2 heterocycles. The summed E-state index contributed by atoms with van der Waals surface area (Å²) in [6.07, 6.45) is 11.6. The van der Waals surface area contributed by atoms with Crippen LogP contribution in [0.15, 0.2) is 56.1 Å². The molecule has 0 atom stereocenters. The van der Waals surface area contributed by atoms with Crippen LogP contribution in [-0.4, -0.2) is 0 Å². The Kier molecular flexibility index (Phi) is 4.46. The molecule has 0 amide bonds. The minimum atomic E-state index is 0.118. The molecule has 2 rings (SSSR count). The average molecular weight is 305 g/mol. The summed E-state index contributed by atoms with van der Waals surface area (Å²) >= 11 is 3.74. The molecule has 2 heteroatoms. The van der Waals surface area contributed by atoms with Gasteiger partial charge in [-0.2, -0.15) is 0 Å². The Morgan fingerprint density at radius 1 is 1.00 bits per heavy atom. The van der Waals surface area contributed by atoms with E-state index in [0.29, 0.717) is 0 Å². The molecule has 0 nitrogen and oxygen atoms in total.